The molecule has 2 N–H and O–H groups in total. The Balaban J connectivity index is 1.86. The number of aromatic nitrogens is 1. The van der Waals surface area contributed by atoms with Gasteiger partial charge in [-0.2, -0.15) is 13.2 Å². The summed E-state index contributed by atoms with van der Waals surface area (Å²) < 4.78 is 39.6. The van der Waals surface area contributed by atoms with Gasteiger partial charge in [0.1, 0.15) is 6.54 Å². The molecule has 1 fully saturated rings. The molecule has 0 saturated heterocycles. The van der Waals surface area contributed by atoms with E-state index in [0.29, 0.717) is 18.8 Å². The molecule has 3 rings (SSSR count). The lowest BCUT2D eigenvalue weighted by atomic mass is 9.79. The number of carbonyl (C=O) groups is 1. The molecule has 1 amide bonds. The Morgan fingerprint density at radius 2 is 2.19 bits per heavy atom. The van der Waals surface area contributed by atoms with Gasteiger partial charge in [-0.3, -0.25) is 4.79 Å². The molecule has 1 saturated carbocycles. The molecule has 148 valence electrons. The van der Waals surface area contributed by atoms with Crippen molar-refractivity contribution in [3.63, 3.8) is 0 Å². The molecule has 1 aromatic heterocycles. The van der Waals surface area contributed by atoms with Crippen molar-refractivity contribution in [2.24, 2.45) is 5.92 Å². The largest absolute Gasteiger partial charge is 0.406 e. The van der Waals surface area contributed by atoms with Gasteiger partial charge in [-0.05, 0) is 30.9 Å². The summed E-state index contributed by atoms with van der Waals surface area (Å²) in [6, 6.07) is 4.58. The van der Waals surface area contributed by atoms with Crippen LogP contribution in [0.5, 0.6) is 0 Å². The van der Waals surface area contributed by atoms with Gasteiger partial charge in [0.15, 0.2) is 0 Å². The number of hydrogen-bond acceptors (Lipinski definition) is 2. The van der Waals surface area contributed by atoms with Gasteiger partial charge in [0.2, 0.25) is 0 Å². The molecule has 4 nitrogen and oxygen atoms in total. The van der Waals surface area contributed by atoms with Gasteiger partial charge >= 0.3 is 6.18 Å². The first kappa shape index (κ1) is 20.0. The molecule has 0 spiro atoms. The van der Waals surface area contributed by atoms with E-state index in [0.717, 1.165) is 17.4 Å². The van der Waals surface area contributed by atoms with Crippen molar-refractivity contribution >= 4 is 28.4 Å². The van der Waals surface area contributed by atoms with Crippen molar-refractivity contribution < 1.29 is 23.1 Å². The highest BCUT2D eigenvalue weighted by molar-refractivity contribution is 6.36. The highest BCUT2D eigenvalue weighted by Crippen LogP contribution is 2.33. The molecule has 2 atom stereocenters. The summed E-state index contributed by atoms with van der Waals surface area (Å²) in [7, 11) is 0. The molecule has 0 unspecified atom stereocenters. The third-order valence-electron chi connectivity index (χ3n) is 5.10. The van der Waals surface area contributed by atoms with Gasteiger partial charge < -0.3 is 15.0 Å². The van der Waals surface area contributed by atoms with Crippen LogP contribution in [0, 0.1) is 5.92 Å². The van der Waals surface area contributed by atoms with E-state index in [2.05, 4.69) is 12.2 Å². The van der Waals surface area contributed by atoms with Gasteiger partial charge in [0, 0.05) is 18.1 Å². The molecule has 8 heteroatoms. The quantitative estimate of drug-likeness (QED) is 0.789. The number of halogens is 4. The normalized spacial score (nSPS) is 23.6. The molecular formula is C19H22ClF3N2O2. The van der Waals surface area contributed by atoms with Crippen LogP contribution >= 0.6 is 11.6 Å². The number of nitrogens with one attached hydrogen (secondary N) is 1. The Morgan fingerprint density at radius 3 is 2.85 bits per heavy atom. The molecule has 1 aromatic carbocycles. The van der Waals surface area contributed by atoms with Crippen LogP contribution in [0.2, 0.25) is 5.02 Å². The minimum atomic E-state index is -4.42. The van der Waals surface area contributed by atoms with Gasteiger partial charge in [0.25, 0.3) is 5.91 Å². The second-order valence-corrected chi connectivity index (χ2v) is 7.94. The SMILES string of the molecule is C[C@@H]1CCC[C@](O)(CNC(=O)c2cn(CC(F)(F)F)c3cccc(Cl)c23)C1. The molecule has 0 bridgehead atoms. The molecule has 0 radical (unpaired) electrons. The Morgan fingerprint density at radius 1 is 1.44 bits per heavy atom. The maximum atomic E-state index is 12.9. The molecular weight excluding hydrogens is 381 g/mol. The lowest BCUT2D eigenvalue weighted by molar-refractivity contribution is -0.139. The zero-order valence-corrected chi connectivity index (χ0v) is 15.7. The van der Waals surface area contributed by atoms with Crippen molar-refractivity contribution in [3.8, 4) is 0 Å². The molecule has 1 heterocycles. The summed E-state index contributed by atoms with van der Waals surface area (Å²) in [6.45, 7) is 0.904. The van der Waals surface area contributed by atoms with Crippen molar-refractivity contribution in [2.75, 3.05) is 6.54 Å². The lowest BCUT2D eigenvalue weighted by Crippen LogP contribution is -2.45. The summed E-state index contributed by atoms with van der Waals surface area (Å²) in [4.78, 5) is 12.7. The molecule has 1 aliphatic carbocycles. The van der Waals surface area contributed by atoms with Gasteiger partial charge in [-0.1, -0.05) is 37.4 Å². The average molecular weight is 403 g/mol. The standard InChI is InChI=1S/C19H22ClF3N2O2/c1-12-4-3-7-18(27,8-12)10-24-17(26)13-9-25(11-19(21,22)23)15-6-2-5-14(20)16(13)15/h2,5-6,9,12,27H,3-4,7-8,10-11H2,1H3,(H,24,26)/t12-,18-/m1/s1. The van der Waals surface area contributed by atoms with Crippen LogP contribution in [0.3, 0.4) is 0 Å². The van der Waals surface area contributed by atoms with E-state index < -0.39 is 24.2 Å². The fraction of sp³-hybridized carbons (Fsp3) is 0.526. The van der Waals surface area contributed by atoms with Crippen LogP contribution < -0.4 is 5.32 Å². The van der Waals surface area contributed by atoms with Gasteiger partial charge in [-0.25, -0.2) is 0 Å². The number of alkyl halides is 3. The van der Waals surface area contributed by atoms with Crippen LogP contribution in [-0.2, 0) is 6.54 Å². The van der Waals surface area contributed by atoms with Crippen molar-refractivity contribution in [1.29, 1.82) is 0 Å². The lowest BCUT2D eigenvalue weighted by Gasteiger charge is -2.35. The Kier molecular flexibility index (Phi) is 5.45. The number of benzene rings is 1. The van der Waals surface area contributed by atoms with Crippen molar-refractivity contribution in [2.45, 2.75) is 50.9 Å². The topological polar surface area (TPSA) is 54.3 Å². The molecule has 0 aliphatic heterocycles. The van der Waals surface area contributed by atoms with Crippen LogP contribution in [0.4, 0.5) is 13.2 Å². The average Bonchev–Trinajstić information content (AvgIpc) is 2.91. The van der Waals surface area contributed by atoms with Gasteiger partial charge in [0.05, 0.1) is 21.7 Å². The fourth-order valence-corrected chi connectivity index (χ4v) is 4.21. The Labute approximate surface area is 160 Å². The highest BCUT2D eigenvalue weighted by Gasteiger charge is 2.34. The first-order chi connectivity index (χ1) is 12.6. The van der Waals surface area contributed by atoms with E-state index in [1.54, 1.807) is 6.07 Å². The number of nitrogens with zero attached hydrogens (tertiary/aromatic N) is 1. The summed E-state index contributed by atoms with van der Waals surface area (Å²) in [5, 5.41) is 13.8. The summed E-state index contributed by atoms with van der Waals surface area (Å²) in [6.07, 6.45) is -0.151. The van der Waals surface area contributed by atoms with Crippen LogP contribution in [0.1, 0.15) is 43.0 Å². The van der Waals surface area contributed by atoms with E-state index in [9.17, 15) is 23.1 Å². The zero-order chi connectivity index (χ0) is 19.8. The van der Waals surface area contributed by atoms with Crippen LogP contribution in [0.25, 0.3) is 10.9 Å². The smallest absolute Gasteiger partial charge is 0.388 e. The van der Waals surface area contributed by atoms with Crippen molar-refractivity contribution in [3.05, 3.63) is 35.0 Å². The fourth-order valence-electron chi connectivity index (χ4n) is 3.94. The monoisotopic (exact) mass is 402 g/mol. The van der Waals surface area contributed by atoms with Gasteiger partial charge in [-0.15, -0.1) is 0 Å². The zero-order valence-electron chi connectivity index (χ0n) is 14.9. The maximum Gasteiger partial charge on any atom is 0.406 e. The highest BCUT2D eigenvalue weighted by atomic mass is 35.5. The van der Waals surface area contributed by atoms with E-state index >= 15 is 0 Å². The minimum absolute atomic E-state index is 0.0621. The number of rotatable bonds is 4. The Hall–Kier alpha value is -1.73. The summed E-state index contributed by atoms with van der Waals surface area (Å²) in [5.74, 6) is -0.176. The molecule has 27 heavy (non-hydrogen) atoms. The van der Waals surface area contributed by atoms with E-state index in [4.69, 9.17) is 11.6 Å². The van der Waals surface area contributed by atoms with E-state index in [-0.39, 0.29) is 28.0 Å². The number of amides is 1. The summed E-state index contributed by atoms with van der Waals surface area (Å²) >= 11 is 6.16. The first-order valence-corrected chi connectivity index (χ1v) is 9.30. The minimum Gasteiger partial charge on any atom is -0.388 e. The third kappa shape index (κ3) is 4.58. The predicted octanol–water partition coefficient (Wildman–Crippen LogP) is 4.53. The number of carbonyl (C=O) groups excluding carboxylic acids is 1. The second kappa shape index (κ2) is 7.36. The number of fused-ring (bicyclic) bond motifs is 1. The maximum absolute atomic E-state index is 12.9. The molecule has 1 aliphatic rings. The predicted molar refractivity (Wildman–Crippen MR) is 97.9 cm³/mol. The summed E-state index contributed by atoms with van der Waals surface area (Å²) in [5.41, 5.74) is -0.663. The van der Waals surface area contributed by atoms with Crippen molar-refractivity contribution in [1.82, 2.24) is 9.88 Å². The van der Waals surface area contributed by atoms with E-state index in [1.165, 1.54) is 18.3 Å². The number of aliphatic hydroxyl groups is 1. The van der Waals surface area contributed by atoms with E-state index in [1.807, 2.05) is 0 Å². The second-order valence-electron chi connectivity index (χ2n) is 7.53. The third-order valence-corrected chi connectivity index (χ3v) is 5.41. The Bertz CT molecular complexity index is 849. The molecule has 2 aromatic rings. The van der Waals surface area contributed by atoms with Crippen LogP contribution in [0.15, 0.2) is 24.4 Å². The number of hydrogen-bond donors (Lipinski definition) is 2. The first-order valence-electron chi connectivity index (χ1n) is 8.93. The van der Waals surface area contributed by atoms with Crippen LogP contribution in [-0.4, -0.2) is 33.9 Å².